The van der Waals surface area contributed by atoms with Crippen LogP contribution in [-0.4, -0.2) is 37.0 Å². The van der Waals surface area contributed by atoms with Gasteiger partial charge in [-0.15, -0.1) is 12.4 Å². The first-order chi connectivity index (χ1) is 8.70. The molecule has 1 N–H and O–H groups in total. The Bertz CT molecular complexity index is 279. The number of hydrogen-bond donors (Lipinski definition) is 1. The zero-order chi connectivity index (χ0) is 13.0. The second-order valence-electron chi connectivity index (χ2n) is 6.17. The van der Waals surface area contributed by atoms with E-state index in [-0.39, 0.29) is 12.4 Å². The lowest BCUT2D eigenvalue weighted by Crippen LogP contribution is -2.34. The topological polar surface area (TPSA) is 32.3 Å². The quantitative estimate of drug-likeness (QED) is 0.863. The number of amides is 1. The van der Waals surface area contributed by atoms with Gasteiger partial charge in [-0.25, -0.2) is 0 Å². The van der Waals surface area contributed by atoms with Gasteiger partial charge >= 0.3 is 0 Å². The number of halogens is 1. The Morgan fingerprint density at radius 2 is 2.00 bits per heavy atom. The summed E-state index contributed by atoms with van der Waals surface area (Å²) in [7, 11) is 0. The van der Waals surface area contributed by atoms with Crippen molar-refractivity contribution >= 4 is 18.3 Å². The van der Waals surface area contributed by atoms with Gasteiger partial charge in [-0.3, -0.25) is 4.79 Å². The van der Waals surface area contributed by atoms with E-state index in [1.165, 1.54) is 25.7 Å². The number of hydrogen-bond acceptors (Lipinski definition) is 2. The molecule has 2 aliphatic rings. The van der Waals surface area contributed by atoms with Crippen LogP contribution in [0.25, 0.3) is 0 Å². The Morgan fingerprint density at radius 1 is 1.32 bits per heavy atom. The minimum absolute atomic E-state index is 0. The van der Waals surface area contributed by atoms with Gasteiger partial charge < -0.3 is 10.2 Å². The predicted octanol–water partition coefficient (Wildman–Crippen LogP) is 2.69. The van der Waals surface area contributed by atoms with Crippen LogP contribution in [0.4, 0.5) is 0 Å². The van der Waals surface area contributed by atoms with E-state index in [2.05, 4.69) is 24.1 Å². The predicted molar refractivity (Wildman–Crippen MR) is 81.6 cm³/mol. The van der Waals surface area contributed by atoms with Gasteiger partial charge in [0.05, 0.1) is 0 Å². The van der Waals surface area contributed by atoms with Crippen molar-refractivity contribution in [2.75, 3.05) is 26.2 Å². The molecule has 2 fully saturated rings. The highest BCUT2D eigenvalue weighted by Gasteiger charge is 2.28. The SMILES string of the molecule is CCC1CCN(C(=O)CC(C)C2CCNCC2)C1.Cl. The van der Waals surface area contributed by atoms with Crippen LogP contribution in [0.2, 0.25) is 0 Å². The van der Waals surface area contributed by atoms with Crippen molar-refractivity contribution in [2.24, 2.45) is 17.8 Å². The molecule has 2 heterocycles. The molecular formula is C15H29ClN2O. The van der Waals surface area contributed by atoms with Crippen LogP contribution >= 0.6 is 12.4 Å². The van der Waals surface area contributed by atoms with E-state index in [4.69, 9.17) is 0 Å². The monoisotopic (exact) mass is 288 g/mol. The van der Waals surface area contributed by atoms with Crippen LogP contribution in [-0.2, 0) is 4.79 Å². The van der Waals surface area contributed by atoms with Crippen LogP contribution < -0.4 is 5.32 Å². The Morgan fingerprint density at radius 3 is 2.58 bits per heavy atom. The molecule has 2 saturated heterocycles. The molecule has 4 heteroatoms. The fraction of sp³-hybridized carbons (Fsp3) is 0.933. The molecule has 0 aliphatic carbocycles. The maximum Gasteiger partial charge on any atom is 0.222 e. The van der Waals surface area contributed by atoms with Crippen LogP contribution in [0.5, 0.6) is 0 Å². The molecule has 2 atom stereocenters. The first kappa shape index (κ1) is 16.8. The average molecular weight is 289 g/mol. The summed E-state index contributed by atoms with van der Waals surface area (Å²) in [6.07, 6.45) is 5.68. The van der Waals surface area contributed by atoms with Crippen molar-refractivity contribution in [3.63, 3.8) is 0 Å². The minimum atomic E-state index is 0. The van der Waals surface area contributed by atoms with Gasteiger partial charge in [-0.05, 0) is 50.1 Å². The van der Waals surface area contributed by atoms with Gasteiger partial charge in [-0.1, -0.05) is 20.3 Å². The molecule has 0 aromatic heterocycles. The summed E-state index contributed by atoms with van der Waals surface area (Å²) in [6, 6.07) is 0. The summed E-state index contributed by atoms with van der Waals surface area (Å²) >= 11 is 0. The number of nitrogens with zero attached hydrogens (tertiary/aromatic N) is 1. The highest BCUT2D eigenvalue weighted by atomic mass is 35.5. The van der Waals surface area contributed by atoms with Crippen molar-refractivity contribution in [3.05, 3.63) is 0 Å². The first-order valence-electron chi connectivity index (χ1n) is 7.69. The van der Waals surface area contributed by atoms with E-state index in [9.17, 15) is 4.79 Å². The lowest BCUT2D eigenvalue weighted by molar-refractivity contribution is -0.131. The fourth-order valence-corrected chi connectivity index (χ4v) is 3.38. The third kappa shape index (κ3) is 4.64. The van der Waals surface area contributed by atoms with E-state index < -0.39 is 0 Å². The van der Waals surface area contributed by atoms with Gasteiger partial charge in [0.25, 0.3) is 0 Å². The van der Waals surface area contributed by atoms with Crippen molar-refractivity contribution in [1.82, 2.24) is 10.2 Å². The highest BCUT2D eigenvalue weighted by Crippen LogP contribution is 2.26. The molecular weight excluding hydrogens is 260 g/mol. The molecule has 2 unspecified atom stereocenters. The van der Waals surface area contributed by atoms with Gasteiger partial charge in [0.1, 0.15) is 0 Å². The summed E-state index contributed by atoms with van der Waals surface area (Å²) in [5.74, 6) is 2.46. The lowest BCUT2D eigenvalue weighted by atomic mass is 9.84. The molecule has 2 aliphatic heterocycles. The molecule has 0 radical (unpaired) electrons. The number of carbonyl (C=O) groups excluding carboxylic acids is 1. The average Bonchev–Trinajstić information content (AvgIpc) is 2.88. The molecule has 1 amide bonds. The number of carbonyl (C=O) groups is 1. The van der Waals surface area contributed by atoms with E-state index >= 15 is 0 Å². The summed E-state index contributed by atoms with van der Waals surface area (Å²) in [4.78, 5) is 14.4. The third-order valence-corrected chi connectivity index (χ3v) is 4.90. The van der Waals surface area contributed by atoms with Crippen molar-refractivity contribution in [1.29, 1.82) is 0 Å². The van der Waals surface area contributed by atoms with Crippen LogP contribution in [0.15, 0.2) is 0 Å². The highest BCUT2D eigenvalue weighted by molar-refractivity contribution is 5.85. The Kier molecular flexibility index (Phi) is 7.16. The molecule has 0 spiro atoms. The van der Waals surface area contributed by atoms with Crippen molar-refractivity contribution < 1.29 is 4.79 Å². The molecule has 0 bridgehead atoms. The van der Waals surface area contributed by atoms with Gasteiger partial charge in [0.2, 0.25) is 5.91 Å². The van der Waals surface area contributed by atoms with Gasteiger partial charge in [0.15, 0.2) is 0 Å². The molecule has 2 rings (SSSR count). The molecule has 3 nitrogen and oxygen atoms in total. The zero-order valence-corrected chi connectivity index (χ0v) is 13.2. The second kappa shape index (κ2) is 8.11. The smallest absolute Gasteiger partial charge is 0.222 e. The van der Waals surface area contributed by atoms with E-state index in [1.54, 1.807) is 0 Å². The molecule has 0 saturated carbocycles. The molecule has 0 aromatic carbocycles. The summed E-state index contributed by atoms with van der Waals surface area (Å²) in [6.45, 7) is 8.76. The molecule has 19 heavy (non-hydrogen) atoms. The number of piperidine rings is 1. The van der Waals surface area contributed by atoms with E-state index in [0.29, 0.717) is 11.8 Å². The summed E-state index contributed by atoms with van der Waals surface area (Å²) < 4.78 is 0. The largest absolute Gasteiger partial charge is 0.342 e. The van der Waals surface area contributed by atoms with Gasteiger partial charge in [0, 0.05) is 19.5 Å². The first-order valence-corrected chi connectivity index (χ1v) is 7.69. The minimum Gasteiger partial charge on any atom is -0.342 e. The maximum atomic E-state index is 12.3. The van der Waals surface area contributed by atoms with Crippen LogP contribution in [0, 0.1) is 17.8 Å². The molecule has 0 aromatic rings. The van der Waals surface area contributed by atoms with Crippen LogP contribution in [0.3, 0.4) is 0 Å². The standard InChI is InChI=1S/C15H28N2O.ClH/c1-3-13-6-9-17(11-13)15(18)10-12(2)14-4-7-16-8-5-14;/h12-14,16H,3-11H2,1-2H3;1H. The Balaban J connectivity index is 0.00000180. The Hall–Kier alpha value is -0.280. The van der Waals surface area contributed by atoms with Crippen molar-refractivity contribution in [2.45, 2.75) is 46.0 Å². The van der Waals surface area contributed by atoms with Gasteiger partial charge in [-0.2, -0.15) is 0 Å². The summed E-state index contributed by atoms with van der Waals surface area (Å²) in [5.41, 5.74) is 0. The number of rotatable bonds is 4. The van der Waals surface area contributed by atoms with E-state index in [0.717, 1.165) is 44.4 Å². The third-order valence-electron chi connectivity index (χ3n) is 4.90. The maximum absolute atomic E-state index is 12.3. The number of likely N-dealkylation sites (tertiary alicyclic amines) is 1. The fourth-order valence-electron chi connectivity index (χ4n) is 3.38. The zero-order valence-electron chi connectivity index (χ0n) is 12.4. The van der Waals surface area contributed by atoms with Crippen LogP contribution in [0.1, 0.15) is 46.0 Å². The lowest BCUT2D eigenvalue weighted by Gasteiger charge is -2.29. The summed E-state index contributed by atoms with van der Waals surface area (Å²) in [5, 5.41) is 3.40. The number of nitrogens with one attached hydrogen (secondary N) is 1. The van der Waals surface area contributed by atoms with Crippen molar-refractivity contribution in [3.8, 4) is 0 Å². The Labute approximate surface area is 123 Å². The second-order valence-corrected chi connectivity index (χ2v) is 6.17. The molecule has 112 valence electrons. The van der Waals surface area contributed by atoms with E-state index in [1.807, 2.05) is 0 Å². The normalized spacial score (nSPS) is 26.0.